The van der Waals surface area contributed by atoms with E-state index in [9.17, 15) is 9.59 Å². The zero-order valence-electron chi connectivity index (χ0n) is 19.6. The Morgan fingerprint density at radius 3 is 2.03 bits per heavy atom. The lowest BCUT2D eigenvalue weighted by atomic mass is 9.87. The summed E-state index contributed by atoms with van der Waals surface area (Å²) in [5.74, 6) is 1.18. The smallest absolute Gasteiger partial charge is 0.253 e. The number of benzene rings is 2. The van der Waals surface area contributed by atoms with E-state index in [1.54, 1.807) is 26.2 Å². The lowest BCUT2D eigenvalue weighted by molar-refractivity contribution is -0.136. The molecule has 4 rings (SSSR count). The van der Waals surface area contributed by atoms with Crippen LogP contribution in [0.15, 0.2) is 42.5 Å². The highest BCUT2D eigenvalue weighted by Crippen LogP contribution is 2.43. The van der Waals surface area contributed by atoms with E-state index < -0.39 is 0 Å². The zero-order chi connectivity index (χ0) is 23.4. The normalized spacial score (nSPS) is 20.5. The lowest BCUT2D eigenvalue weighted by Gasteiger charge is -2.31. The fraction of sp³-hybridized carbons (Fsp3) is 0.462. The van der Waals surface area contributed by atoms with E-state index in [1.807, 2.05) is 47.4 Å². The number of ether oxygens (including phenoxy) is 3. The zero-order valence-corrected chi connectivity index (χ0v) is 19.6. The number of piperidine rings is 1. The van der Waals surface area contributed by atoms with Gasteiger partial charge < -0.3 is 24.0 Å². The molecule has 2 aromatic rings. The van der Waals surface area contributed by atoms with Crippen molar-refractivity contribution in [3.63, 3.8) is 0 Å². The lowest BCUT2D eigenvalue weighted by Crippen LogP contribution is -2.42. The first-order valence-electron chi connectivity index (χ1n) is 11.5. The van der Waals surface area contributed by atoms with Gasteiger partial charge in [0.2, 0.25) is 11.7 Å². The van der Waals surface area contributed by atoms with Crippen molar-refractivity contribution in [3.05, 3.63) is 53.6 Å². The Bertz CT molecular complexity index is 962. The van der Waals surface area contributed by atoms with Crippen LogP contribution >= 0.6 is 0 Å². The second-order valence-corrected chi connectivity index (χ2v) is 8.63. The number of carbonyl (C=O) groups excluding carboxylic acids is 2. The third-order valence-electron chi connectivity index (χ3n) is 6.73. The van der Waals surface area contributed by atoms with Gasteiger partial charge in [0, 0.05) is 37.7 Å². The number of hydrogen-bond donors (Lipinski definition) is 0. The molecule has 0 saturated carbocycles. The van der Waals surface area contributed by atoms with Gasteiger partial charge in [-0.2, -0.15) is 0 Å². The maximum absolute atomic E-state index is 13.6. The van der Waals surface area contributed by atoms with Crippen molar-refractivity contribution in [2.24, 2.45) is 5.92 Å². The van der Waals surface area contributed by atoms with Crippen molar-refractivity contribution in [2.75, 3.05) is 47.5 Å². The summed E-state index contributed by atoms with van der Waals surface area (Å²) >= 11 is 0. The summed E-state index contributed by atoms with van der Waals surface area (Å²) in [6.45, 7) is 2.41. The maximum atomic E-state index is 13.6. The number of nitrogens with zero attached hydrogens (tertiary/aromatic N) is 2. The summed E-state index contributed by atoms with van der Waals surface area (Å²) in [6.07, 6.45) is 3.21. The van der Waals surface area contributed by atoms with Crippen LogP contribution in [-0.4, -0.2) is 69.1 Å². The van der Waals surface area contributed by atoms with Gasteiger partial charge in [0.1, 0.15) is 0 Å². The van der Waals surface area contributed by atoms with Crippen LogP contribution in [0, 0.1) is 5.92 Å². The third-order valence-corrected chi connectivity index (χ3v) is 6.73. The summed E-state index contributed by atoms with van der Waals surface area (Å²) in [7, 11) is 4.73. The molecular weight excluding hydrogens is 420 g/mol. The number of amides is 2. The molecule has 0 aliphatic carbocycles. The van der Waals surface area contributed by atoms with Crippen molar-refractivity contribution in [1.29, 1.82) is 0 Å². The standard InChI is InChI=1S/C26H32N2O5/c1-31-22-14-19(15-23(32-2)24(22)33-3)20-16-28(25(29)18-10-6-4-7-11-18)17-21(20)26(30)27-12-8-5-9-13-27/h4,6-7,10-11,14-15,20-21H,5,8-9,12-13,16-17H2,1-3H3/t20-,21-/m1/s1. The topological polar surface area (TPSA) is 68.3 Å². The first-order chi connectivity index (χ1) is 16.1. The summed E-state index contributed by atoms with van der Waals surface area (Å²) in [4.78, 5) is 30.6. The minimum absolute atomic E-state index is 0.0537. The quantitative estimate of drug-likeness (QED) is 0.670. The van der Waals surface area contributed by atoms with Gasteiger partial charge in [0.15, 0.2) is 11.5 Å². The van der Waals surface area contributed by atoms with Crippen LogP contribution < -0.4 is 14.2 Å². The van der Waals surface area contributed by atoms with Gasteiger partial charge in [-0.25, -0.2) is 0 Å². The van der Waals surface area contributed by atoms with Crippen LogP contribution in [0.1, 0.15) is 41.1 Å². The van der Waals surface area contributed by atoms with Crippen LogP contribution in [0.2, 0.25) is 0 Å². The molecule has 0 N–H and O–H groups in total. The third kappa shape index (κ3) is 4.63. The van der Waals surface area contributed by atoms with E-state index in [-0.39, 0.29) is 23.7 Å². The van der Waals surface area contributed by atoms with Crippen LogP contribution in [-0.2, 0) is 4.79 Å². The van der Waals surface area contributed by atoms with Gasteiger partial charge in [-0.15, -0.1) is 0 Å². The highest BCUT2D eigenvalue weighted by molar-refractivity contribution is 5.95. The largest absolute Gasteiger partial charge is 0.493 e. The van der Waals surface area contributed by atoms with Gasteiger partial charge in [0.05, 0.1) is 27.2 Å². The molecule has 33 heavy (non-hydrogen) atoms. The van der Waals surface area contributed by atoms with Gasteiger partial charge in [0.25, 0.3) is 5.91 Å². The van der Waals surface area contributed by atoms with Crippen LogP contribution in [0.4, 0.5) is 0 Å². The van der Waals surface area contributed by atoms with Gasteiger partial charge in [-0.1, -0.05) is 18.2 Å². The van der Waals surface area contributed by atoms with Gasteiger partial charge >= 0.3 is 0 Å². The molecule has 0 aromatic heterocycles. The Labute approximate surface area is 195 Å². The first-order valence-corrected chi connectivity index (χ1v) is 11.5. The molecule has 7 nitrogen and oxygen atoms in total. The Morgan fingerprint density at radius 1 is 0.818 bits per heavy atom. The molecule has 0 radical (unpaired) electrons. The summed E-state index contributed by atoms with van der Waals surface area (Å²) in [5, 5.41) is 0. The monoisotopic (exact) mass is 452 g/mol. The summed E-state index contributed by atoms with van der Waals surface area (Å²) in [6, 6.07) is 13.0. The molecule has 2 aromatic carbocycles. The molecular formula is C26H32N2O5. The number of hydrogen-bond acceptors (Lipinski definition) is 5. The minimum Gasteiger partial charge on any atom is -0.493 e. The Kier molecular flexibility index (Phi) is 7.06. The molecule has 0 spiro atoms. The highest BCUT2D eigenvalue weighted by Gasteiger charge is 2.43. The maximum Gasteiger partial charge on any atom is 0.253 e. The minimum atomic E-state index is -0.321. The number of rotatable bonds is 6. The molecule has 2 aliphatic heterocycles. The number of likely N-dealkylation sites (tertiary alicyclic amines) is 2. The van der Waals surface area contributed by atoms with E-state index in [1.165, 1.54) is 0 Å². The fourth-order valence-corrected chi connectivity index (χ4v) is 4.99. The number of methoxy groups -OCH3 is 3. The van der Waals surface area contributed by atoms with Crippen molar-refractivity contribution in [2.45, 2.75) is 25.2 Å². The van der Waals surface area contributed by atoms with E-state index in [4.69, 9.17) is 14.2 Å². The second kappa shape index (κ2) is 10.1. The number of carbonyl (C=O) groups is 2. The molecule has 2 aliphatic rings. The summed E-state index contributed by atoms with van der Waals surface area (Å²) in [5.41, 5.74) is 1.54. The molecule has 2 atom stereocenters. The predicted octanol–water partition coefficient (Wildman–Crippen LogP) is 3.58. The molecule has 2 saturated heterocycles. The molecule has 2 fully saturated rings. The Hall–Kier alpha value is -3.22. The van der Waals surface area contributed by atoms with Gasteiger partial charge in [-0.3, -0.25) is 9.59 Å². The van der Waals surface area contributed by atoms with Crippen molar-refractivity contribution in [3.8, 4) is 17.2 Å². The van der Waals surface area contributed by atoms with E-state index in [0.717, 1.165) is 37.9 Å². The predicted molar refractivity (Wildman–Crippen MR) is 125 cm³/mol. The van der Waals surface area contributed by atoms with E-state index in [2.05, 4.69) is 0 Å². The second-order valence-electron chi connectivity index (χ2n) is 8.63. The molecule has 2 amide bonds. The molecule has 176 valence electrons. The highest BCUT2D eigenvalue weighted by atomic mass is 16.5. The first kappa shape index (κ1) is 23.0. The average Bonchev–Trinajstić information content (AvgIpc) is 3.33. The van der Waals surface area contributed by atoms with Crippen LogP contribution in [0.25, 0.3) is 0 Å². The Balaban J connectivity index is 1.69. The van der Waals surface area contributed by atoms with Crippen molar-refractivity contribution in [1.82, 2.24) is 9.80 Å². The van der Waals surface area contributed by atoms with Crippen LogP contribution in [0.5, 0.6) is 17.2 Å². The Morgan fingerprint density at radius 2 is 1.45 bits per heavy atom. The average molecular weight is 453 g/mol. The molecule has 0 bridgehead atoms. The molecule has 2 heterocycles. The van der Waals surface area contributed by atoms with E-state index in [0.29, 0.717) is 35.9 Å². The molecule has 0 unspecified atom stereocenters. The SMILES string of the molecule is COc1cc([C@H]2CN(C(=O)c3ccccc3)C[C@H]2C(=O)N2CCCCC2)cc(OC)c1OC. The molecule has 7 heteroatoms. The van der Waals surface area contributed by atoms with Crippen molar-refractivity contribution < 1.29 is 23.8 Å². The van der Waals surface area contributed by atoms with E-state index >= 15 is 0 Å². The van der Waals surface area contributed by atoms with Crippen LogP contribution in [0.3, 0.4) is 0 Å². The summed E-state index contributed by atoms with van der Waals surface area (Å²) < 4.78 is 16.6. The van der Waals surface area contributed by atoms with Crippen molar-refractivity contribution >= 4 is 11.8 Å². The fourth-order valence-electron chi connectivity index (χ4n) is 4.99. The van der Waals surface area contributed by atoms with Gasteiger partial charge in [-0.05, 0) is 49.1 Å².